The molecule has 0 aliphatic heterocycles. The number of para-hydroxylation sites is 1. The highest BCUT2D eigenvalue weighted by molar-refractivity contribution is 6.23. The number of aromatic nitrogens is 1. The van der Waals surface area contributed by atoms with Crippen LogP contribution in [0.4, 0.5) is 17.1 Å². The Labute approximate surface area is 231 Å². The third-order valence-electron chi connectivity index (χ3n) is 7.65. The molecule has 8 aromatic rings. The Hall–Kier alpha value is -5.41. The Balaban J connectivity index is 1.42. The van der Waals surface area contributed by atoms with Crippen molar-refractivity contribution in [3.8, 4) is 11.5 Å². The predicted octanol–water partition coefficient (Wildman–Crippen LogP) is 10.4. The van der Waals surface area contributed by atoms with Crippen LogP contribution < -0.4 is 4.90 Å². The van der Waals surface area contributed by atoms with Gasteiger partial charge in [-0.25, -0.2) is 4.98 Å². The van der Waals surface area contributed by atoms with Crippen LogP contribution in [-0.2, 0) is 0 Å². The van der Waals surface area contributed by atoms with Crippen molar-refractivity contribution in [2.24, 2.45) is 0 Å². The van der Waals surface area contributed by atoms with E-state index in [-0.39, 0.29) is 0 Å². The Bertz CT molecular complexity index is 2160. The summed E-state index contributed by atoms with van der Waals surface area (Å²) < 4.78 is 6.48. The first-order valence-electron chi connectivity index (χ1n) is 13.5. The smallest absolute Gasteiger partial charge is 0.227 e. The lowest BCUT2D eigenvalue weighted by atomic mass is 9.99. The van der Waals surface area contributed by atoms with E-state index in [0.29, 0.717) is 5.89 Å². The summed E-state index contributed by atoms with van der Waals surface area (Å²) in [6.45, 7) is 0. The van der Waals surface area contributed by atoms with Gasteiger partial charge >= 0.3 is 0 Å². The fourth-order valence-corrected chi connectivity index (χ4v) is 5.81. The maximum Gasteiger partial charge on any atom is 0.227 e. The average Bonchev–Trinajstić information content (AvgIpc) is 3.49. The number of nitrogens with zero attached hydrogens (tertiary/aromatic N) is 2. The molecule has 0 radical (unpaired) electrons. The number of fused-ring (bicyclic) bond motifs is 7. The summed E-state index contributed by atoms with van der Waals surface area (Å²) in [7, 11) is 0. The van der Waals surface area contributed by atoms with E-state index in [1.807, 2.05) is 30.3 Å². The first-order valence-corrected chi connectivity index (χ1v) is 13.5. The zero-order valence-corrected chi connectivity index (χ0v) is 21.7. The first-order chi connectivity index (χ1) is 19.8. The molecule has 0 saturated heterocycles. The van der Waals surface area contributed by atoms with E-state index in [9.17, 15) is 0 Å². The van der Waals surface area contributed by atoms with Gasteiger partial charge in [0.1, 0.15) is 5.52 Å². The van der Waals surface area contributed by atoms with Crippen LogP contribution in [0.2, 0.25) is 0 Å². The Morgan fingerprint density at radius 1 is 0.475 bits per heavy atom. The van der Waals surface area contributed by atoms with Crippen LogP contribution in [0.5, 0.6) is 0 Å². The van der Waals surface area contributed by atoms with Crippen molar-refractivity contribution in [3.63, 3.8) is 0 Å². The SMILES string of the molecule is c1ccc(-c2nc3c4ccccc4c4cc(N(c5ccccc5)c5cccc6ccccc56)ccc4c3o2)cc1. The molecule has 0 fully saturated rings. The molecule has 0 bridgehead atoms. The highest BCUT2D eigenvalue weighted by Crippen LogP contribution is 2.43. The molecule has 0 spiro atoms. The van der Waals surface area contributed by atoms with Crippen LogP contribution in [0.1, 0.15) is 0 Å². The van der Waals surface area contributed by atoms with Crippen molar-refractivity contribution < 1.29 is 4.42 Å². The highest BCUT2D eigenvalue weighted by atomic mass is 16.3. The van der Waals surface area contributed by atoms with Crippen LogP contribution in [0.3, 0.4) is 0 Å². The fourth-order valence-electron chi connectivity index (χ4n) is 5.81. The normalized spacial score (nSPS) is 11.5. The van der Waals surface area contributed by atoms with E-state index >= 15 is 0 Å². The molecular weight excluding hydrogens is 488 g/mol. The molecule has 0 unspecified atom stereocenters. The zero-order chi connectivity index (χ0) is 26.5. The number of hydrogen-bond acceptors (Lipinski definition) is 3. The van der Waals surface area contributed by atoms with Crippen molar-refractivity contribution >= 4 is 60.5 Å². The van der Waals surface area contributed by atoms with Crippen LogP contribution in [0, 0.1) is 0 Å². The fraction of sp³-hybridized carbons (Fsp3) is 0. The monoisotopic (exact) mass is 512 g/mol. The van der Waals surface area contributed by atoms with Crippen molar-refractivity contribution in [2.45, 2.75) is 0 Å². The third kappa shape index (κ3) is 3.56. The number of hydrogen-bond donors (Lipinski definition) is 0. The van der Waals surface area contributed by atoms with Gasteiger partial charge in [-0.3, -0.25) is 0 Å². The van der Waals surface area contributed by atoms with Crippen LogP contribution >= 0.6 is 0 Å². The lowest BCUT2D eigenvalue weighted by molar-refractivity contribution is 0.623. The molecule has 0 amide bonds. The molecule has 8 rings (SSSR count). The Morgan fingerprint density at radius 2 is 1.15 bits per heavy atom. The average molecular weight is 513 g/mol. The van der Waals surface area contributed by atoms with Crippen molar-refractivity contribution in [3.05, 3.63) is 146 Å². The summed E-state index contributed by atoms with van der Waals surface area (Å²) in [5.41, 5.74) is 6.01. The van der Waals surface area contributed by atoms with Gasteiger partial charge in [-0.05, 0) is 64.7 Å². The summed E-state index contributed by atoms with van der Waals surface area (Å²) in [4.78, 5) is 7.31. The van der Waals surface area contributed by atoms with Gasteiger partial charge in [0.05, 0.1) is 5.69 Å². The second-order valence-electron chi connectivity index (χ2n) is 10.0. The van der Waals surface area contributed by atoms with Gasteiger partial charge in [-0.15, -0.1) is 0 Å². The number of anilines is 3. The van der Waals surface area contributed by atoms with Crippen molar-refractivity contribution in [1.82, 2.24) is 4.98 Å². The molecule has 0 N–H and O–H groups in total. The Kier molecular flexibility index (Phi) is 5.14. The first kappa shape index (κ1) is 22.6. The lowest BCUT2D eigenvalue weighted by Gasteiger charge is -2.27. The second-order valence-corrected chi connectivity index (χ2v) is 10.0. The van der Waals surface area contributed by atoms with E-state index in [0.717, 1.165) is 55.3 Å². The number of rotatable bonds is 4. The second kappa shape index (κ2) is 9.11. The van der Waals surface area contributed by atoms with E-state index < -0.39 is 0 Å². The molecule has 0 aliphatic carbocycles. The van der Waals surface area contributed by atoms with Gasteiger partial charge in [-0.2, -0.15) is 0 Å². The summed E-state index contributed by atoms with van der Waals surface area (Å²) in [5, 5.41) is 6.85. The molecule has 1 aromatic heterocycles. The van der Waals surface area contributed by atoms with Gasteiger partial charge in [-0.1, -0.05) is 97.1 Å². The highest BCUT2D eigenvalue weighted by Gasteiger charge is 2.19. The van der Waals surface area contributed by atoms with Crippen molar-refractivity contribution in [2.75, 3.05) is 4.90 Å². The summed E-state index contributed by atoms with van der Waals surface area (Å²) in [5.74, 6) is 0.638. The van der Waals surface area contributed by atoms with Crippen LogP contribution in [0.15, 0.2) is 150 Å². The summed E-state index contributed by atoms with van der Waals surface area (Å²) in [6, 6.07) is 50.9. The van der Waals surface area contributed by atoms with Gasteiger partial charge < -0.3 is 9.32 Å². The molecule has 3 nitrogen and oxygen atoms in total. The van der Waals surface area contributed by atoms with Gasteiger partial charge in [0, 0.05) is 33.1 Å². The largest absolute Gasteiger partial charge is 0.435 e. The topological polar surface area (TPSA) is 29.3 Å². The van der Waals surface area contributed by atoms with Gasteiger partial charge in [0.25, 0.3) is 0 Å². The molecule has 0 saturated carbocycles. The van der Waals surface area contributed by atoms with Gasteiger partial charge in [0.2, 0.25) is 5.89 Å². The molecule has 7 aromatic carbocycles. The molecule has 0 atom stereocenters. The van der Waals surface area contributed by atoms with E-state index in [2.05, 4.69) is 120 Å². The van der Waals surface area contributed by atoms with E-state index in [1.165, 1.54) is 10.8 Å². The van der Waals surface area contributed by atoms with E-state index in [1.54, 1.807) is 0 Å². The van der Waals surface area contributed by atoms with Gasteiger partial charge in [0.15, 0.2) is 5.58 Å². The Morgan fingerprint density at radius 3 is 1.98 bits per heavy atom. The van der Waals surface area contributed by atoms with Crippen LogP contribution in [-0.4, -0.2) is 4.98 Å². The minimum absolute atomic E-state index is 0.638. The molecule has 40 heavy (non-hydrogen) atoms. The number of oxazole rings is 1. The van der Waals surface area contributed by atoms with Crippen LogP contribution in [0.25, 0.3) is 54.9 Å². The maximum atomic E-state index is 6.48. The van der Waals surface area contributed by atoms with Crippen molar-refractivity contribution in [1.29, 1.82) is 0 Å². The minimum atomic E-state index is 0.638. The molecule has 1 heterocycles. The standard InChI is InChI=1S/C37H24N2O/c1-3-13-26(14-4-1)37-38-35-31-20-10-9-19-30(31)33-24-28(22-23-32(33)36(35)40-37)39(27-16-5-2-6-17-27)34-21-11-15-25-12-7-8-18-29(25)34/h1-24H. The predicted molar refractivity (Wildman–Crippen MR) is 167 cm³/mol. The maximum absolute atomic E-state index is 6.48. The minimum Gasteiger partial charge on any atom is -0.435 e. The molecule has 0 aliphatic rings. The number of benzene rings is 7. The van der Waals surface area contributed by atoms with E-state index in [4.69, 9.17) is 9.40 Å². The summed E-state index contributed by atoms with van der Waals surface area (Å²) >= 11 is 0. The molecule has 3 heteroatoms. The zero-order valence-electron chi connectivity index (χ0n) is 21.7. The molecular formula is C37H24N2O. The summed E-state index contributed by atoms with van der Waals surface area (Å²) in [6.07, 6.45) is 0. The quantitative estimate of drug-likeness (QED) is 0.220. The lowest BCUT2D eigenvalue weighted by Crippen LogP contribution is -2.10. The molecule has 188 valence electrons. The third-order valence-corrected chi connectivity index (χ3v) is 7.65.